The van der Waals surface area contributed by atoms with E-state index in [1.165, 1.54) is 4.90 Å². The fourth-order valence-electron chi connectivity index (χ4n) is 3.69. The number of carbonyl (C=O) groups excluding carboxylic acids is 2. The molecule has 0 atom stereocenters. The predicted molar refractivity (Wildman–Crippen MR) is 128 cm³/mol. The zero-order valence-corrected chi connectivity index (χ0v) is 18.9. The number of carboxylic acid groups (broad SMARTS) is 2. The Morgan fingerprint density at radius 3 is 2.29 bits per heavy atom. The number of nitrogens with two attached hydrogens (primary N) is 1. The number of hydrogen-bond donors (Lipinski definition) is 4. The van der Waals surface area contributed by atoms with Crippen LogP contribution in [0.3, 0.4) is 0 Å². The number of aromatic nitrogens is 1. The number of amides is 3. The van der Waals surface area contributed by atoms with Crippen LogP contribution in [0.25, 0.3) is 10.9 Å². The van der Waals surface area contributed by atoms with Crippen molar-refractivity contribution in [3.05, 3.63) is 83.6 Å². The van der Waals surface area contributed by atoms with Crippen LogP contribution in [-0.4, -0.2) is 62.0 Å². The smallest absolute Gasteiger partial charge is 0.328 e. The standard InChI is InChI=1S/C21H22N4O2.C4H4O4/c22-9-8-17-11-23-19-7-6-16(10-18(17)19)13-25-20(26)14-24(21(25)27)12-15-4-2-1-3-5-15;5-3(6)1-2-4(7)8/h1-7,10-11,23H,8-9,12-14,22H2;1-2H,(H,5,6)(H,7,8)/b;2-1-. The van der Waals surface area contributed by atoms with E-state index in [1.54, 1.807) is 4.90 Å². The van der Waals surface area contributed by atoms with Gasteiger partial charge in [0.1, 0.15) is 6.54 Å². The third-order valence-electron chi connectivity index (χ3n) is 5.30. The Balaban J connectivity index is 0.000000371. The average Bonchev–Trinajstić information content (AvgIpc) is 3.34. The van der Waals surface area contributed by atoms with Crippen LogP contribution < -0.4 is 5.73 Å². The molecule has 1 aliphatic heterocycles. The minimum atomic E-state index is -1.26. The highest BCUT2D eigenvalue weighted by Gasteiger charge is 2.35. The summed E-state index contributed by atoms with van der Waals surface area (Å²) in [5.74, 6) is -2.67. The molecule has 0 aliphatic carbocycles. The number of hydrogen-bond acceptors (Lipinski definition) is 5. The van der Waals surface area contributed by atoms with Crippen molar-refractivity contribution in [2.24, 2.45) is 5.73 Å². The van der Waals surface area contributed by atoms with Crippen molar-refractivity contribution in [3.8, 4) is 0 Å². The molecule has 1 aromatic heterocycles. The zero-order valence-electron chi connectivity index (χ0n) is 18.9. The summed E-state index contributed by atoms with van der Waals surface area (Å²) in [5, 5.41) is 16.7. The maximum atomic E-state index is 12.7. The second kappa shape index (κ2) is 11.6. The van der Waals surface area contributed by atoms with Crippen LogP contribution >= 0.6 is 0 Å². The first-order valence-electron chi connectivity index (χ1n) is 10.8. The normalized spacial score (nSPS) is 13.4. The SMILES string of the molecule is NCCc1c[nH]c2ccc(CN3C(=O)CN(Cc4ccccc4)C3=O)cc12.O=C(O)/C=C\C(=O)O. The number of rotatable bonds is 8. The Morgan fingerprint density at radius 2 is 1.66 bits per heavy atom. The molecule has 2 aromatic carbocycles. The monoisotopic (exact) mass is 478 g/mol. The number of H-pyrrole nitrogens is 1. The number of fused-ring (bicyclic) bond motifs is 1. The van der Waals surface area contributed by atoms with Gasteiger partial charge in [0.25, 0.3) is 5.91 Å². The summed E-state index contributed by atoms with van der Waals surface area (Å²) >= 11 is 0. The molecule has 0 bridgehead atoms. The molecule has 3 aromatic rings. The summed E-state index contributed by atoms with van der Waals surface area (Å²) in [4.78, 5) is 50.4. The van der Waals surface area contributed by atoms with Gasteiger partial charge in [-0.15, -0.1) is 0 Å². The van der Waals surface area contributed by atoms with Gasteiger partial charge in [-0.25, -0.2) is 14.4 Å². The number of carbonyl (C=O) groups is 4. The average molecular weight is 479 g/mol. The summed E-state index contributed by atoms with van der Waals surface area (Å²) in [6, 6.07) is 15.4. The van der Waals surface area contributed by atoms with Gasteiger partial charge in [-0.05, 0) is 41.8 Å². The van der Waals surface area contributed by atoms with E-state index in [0.29, 0.717) is 25.2 Å². The summed E-state index contributed by atoms with van der Waals surface area (Å²) in [7, 11) is 0. The largest absolute Gasteiger partial charge is 0.478 e. The van der Waals surface area contributed by atoms with Crippen LogP contribution in [0.1, 0.15) is 16.7 Å². The van der Waals surface area contributed by atoms with Crippen LogP contribution in [0.15, 0.2) is 66.9 Å². The molecule has 5 N–H and O–H groups in total. The Kier molecular flexibility index (Phi) is 8.36. The zero-order chi connectivity index (χ0) is 25.4. The second-order valence-corrected chi connectivity index (χ2v) is 7.85. The van der Waals surface area contributed by atoms with Gasteiger partial charge in [0.15, 0.2) is 0 Å². The lowest BCUT2D eigenvalue weighted by molar-refractivity contribution is -0.134. The van der Waals surface area contributed by atoms with Gasteiger partial charge < -0.3 is 25.8 Å². The lowest BCUT2D eigenvalue weighted by Crippen LogP contribution is -2.32. The number of nitrogens with zero attached hydrogens (tertiary/aromatic N) is 2. The number of aromatic amines is 1. The van der Waals surface area contributed by atoms with Crippen molar-refractivity contribution >= 4 is 34.8 Å². The van der Waals surface area contributed by atoms with E-state index in [-0.39, 0.29) is 25.0 Å². The van der Waals surface area contributed by atoms with Gasteiger partial charge in [-0.2, -0.15) is 0 Å². The van der Waals surface area contributed by atoms with E-state index in [4.69, 9.17) is 15.9 Å². The molecule has 0 unspecified atom stereocenters. The number of aliphatic carboxylic acids is 2. The number of nitrogens with one attached hydrogen (secondary N) is 1. The Labute approximate surface area is 201 Å². The van der Waals surface area contributed by atoms with Gasteiger partial charge in [-0.1, -0.05) is 36.4 Å². The molecule has 3 amide bonds. The first-order valence-corrected chi connectivity index (χ1v) is 10.8. The summed E-state index contributed by atoms with van der Waals surface area (Å²) in [6.45, 7) is 1.43. The van der Waals surface area contributed by atoms with E-state index >= 15 is 0 Å². The molecule has 0 radical (unpaired) electrons. The van der Waals surface area contributed by atoms with E-state index in [0.717, 1.165) is 34.0 Å². The van der Waals surface area contributed by atoms with Gasteiger partial charge in [0.05, 0.1) is 6.54 Å². The summed E-state index contributed by atoms with van der Waals surface area (Å²) in [6.07, 6.45) is 3.87. The number of carboxylic acids is 2. The molecule has 0 spiro atoms. The number of urea groups is 1. The Hall–Kier alpha value is -4.44. The third kappa shape index (κ3) is 6.78. The maximum Gasteiger partial charge on any atom is 0.328 e. The van der Waals surface area contributed by atoms with E-state index in [1.807, 2.05) is 54.7 Å². The first kappa shape index (κ1) is 25.2. The topological polar surface area (TPSA) is 157 Å². The van der Waals surface area contributed by atoms with Crippen molar-refractivity contribution in [2.75, 3.05) is 13.1 Å². The minimum Gasteiger partial charge on any atom is -0.478 e. The molecule has 10 nitrogen and oxygen atoms in total. The molecule has 2 heterocycles. The maximum absolute atomic E-state index is 12.7. The molecular weight excluding hydrogens is 452 g/mol. The fraction of sp³-hybridized carbons (Fsp3) is 0.200. The molecular formula is C25H26N4O6. The van der Waals surface area contributed by atoms with Gasteiger partial charge in [0, 0.05) is 35.8 Å². The third-order valence-corrected chi connectivity index (χ3v) is 5.30. The van der Waals surface area contributed by atoms with E-state index < -0.39 is 11.9 Å². The van der Waals surface area contributed by atoms with Crippen molar-refractivity contribution in [2.45, 2.75) is 19.5 Å². The fourth-order valence-corrected chi connectivity index (χ4v) is 3.69. The van der Waals surface area contributed by atoms with Crippen molar-refractivity contribution in [1.82, 2.24) is 14.8 Å². The molecule has 182 valence electrons. The summed E-state index contributed by atoms with van der Waals surface area (Å²) in [5.41, 5.74) is 9.81. The van der Waals surface area contributed by atoms with Crippen LogP contribution in [-0.2, 0) is 33.9 Å². The molecule has 0 saturated carbocycles. The Morgan fingerprint density at radius 1 is 0.971 bits per heavy atom. The van der Waals surface area contributed by atoms with Gasteiger partial charge in [-0.3, -0.25) is 9.69 Å². The molecule has 1 fully saturated rings. The second-order valence-electron chi connectivity index (χ2n) is 7.85. The van der Waals surface area contributed by atoms with E-state index in [2.05, 4.69) is 4.98 Å². The highest BCUT2D eigenvalue weighted by molar-refractivity contribution is 6.02. The Bertz CT molecular complexity index is 1240. The molecule has 10 heteroatoms. The van der Waals surface area contributed by atoms with Crippen LogP contribution in [0.2, 0.25) is 0 Å². The molecule has 1 aliphatic rings. The van der Waals surface area contributed by atoms with E-state index in [9.17, 15) is 19.2 Å². The van der Waals surface area contributed by atoms with Crippen molar-refractivity contribution in [1.29, 1.82) is 0 Å². The molecule has 4 rings (SSSR count). The highest BCUT2D eigenvalue weighted by atomic mass is 16.4. The van der Waals surface area contributed by atoms with Crippen molar-refractivity contribution in [3.63, 3.8) is 0 Å². The van der Waals surface area contributed by atoms with Gasteiger partial charge >= 0.3 is 18.0 Å². The first-order chi connectivity index (χ1) is 16.8. The van der Waals surface area contributed by atoms with Crippen molar-refractivity contribution < 1.29 is 29.4 Å². The number of benzene rings is 2. The quantitative estimate of drug-likeness (QED) is 0.286. The minimum absolute atomic E-state index is 0.124. The van der Waals surface area contributed by atoms with Crippen LogP contribution in [0, 0.1) is 0 Å². The number of imide groups is 1. The van der Waals surface area contributed by atoms with Gasteiger partial charge in [0.2, 0.25) is 0 Å². The lowest BCUT2D eigenvalue weighted by atomic mass is 10.1. The molecule has 1 saturated heterocycles. The lowest BCUT2D eigenvalue weighted by Gasteiger charge is -2.17. The highest BCUT2D eigenvalue weighted by Crippen LogP contribution is 2.23. The summed E-state index contributed by atoms with van der Waals surface area (Å²) < 4.78 is 0. The predicted octanol–water partition coefficient (Wildman–Crippen LogP) is 2.35. The van der Waals surface area contributed by atoms with Crippen LogP contribution in [0.4, 0.5) is 4.79 Å². The van der Waals surface area contributed by atoms with Crippen LogP contribution in [0.5, 0.6) is 0 Å². The molecule has 35 heavy (non-hydrogen) atoms.